The Morgan fingerprint density at radius 1 is 1.03 bits per heavy atom. The fraction of sp³-hybridized carbons (Fsp3) is 0.333. The standard InChI is InChI=1S/C21H22N4O3S/c26-21(23-20-17-5-1-3-14(17)10-15-4-2-6-18(15)20)25-29(27,28)12-13-7-8-16-11-22-24-19(16)9-13/h7-11H,1-6,12H2,(H,22,24)(H2,23,25,26). The molecule has 0 saturated heterocycles. The van der Waals surface area contributed by atoms with Crippen molar-refractivity contribution in [2.45, 2.75) is 44.3 Å². The summed E-state index contributed by atoms with van der Waals surface area (Å²) in [4.78, 5) is 12.6. The van der Waals surface area contributed by atoms with Crippen molar-refractivity contribution in [1.82, 2.24) is 14.9 Å². The number of anilines is 1. The second-order valence-electron chi connectivity index (χ2n) is 7.84. The van der Waals surface area contributed by atoms with E-state index in [1.54, 1.807) is 24.4 Å². The van der Waals surface area contributed by atoms with Crippen LogP contribution in [0.4, 0.5) is 10.5 Å². The van der Waals surface area contributed by atoms with E-state index in [4.69, 9.17) is 0 Å². The highest BCUT2D eigenvalue weighted by Gasteiger charge is 2.26. The van der Waals surface area contributed by atoms with Crippen LogP contribution in [-0.4, -0.2) is 24.6 Å². The topological polar surface area (TPSA) is 104 Å². The SMILES string of the molecule is O=C(Nc1c2c(cc3c1CCC3)CCC2)NS(=O)(=O)Cc1ccc2cn[nH]c2c1. The van der Waals surface area contributed by atoms with E-state index in [1.807, 2.05) is 0 Å². The Bertz CT molecular complexity index is 1200. The van der Waals surface area contributed by atoms with Gasteiger partial charge in [0.25, 0.3) is 0 Å². The highest BCUT2D eigenvalue weighted by Crippen LogP contribution is 2.38. The quantitative estimate of drug-likeness (QED) is 0.614. The van der Waals surface area contributed by atoms with E-state index in [0.29, 0.717) is 5.56 Å². The number of aromatic nitrogens is 2. The summed E-state index contributed by atoms with van der Waals surface area (Å²) in [7, 11) is -3.83. The Morgan fingerprint density at radius 2 is 1.76 bits per heavy atom. The summed E-state index contributed by atoms with van der Waals surface area (Å²) >= 11 is 0. The molecule has 3 N–H and O–H groups in total. The summed E-state index contributed by atoms with van der Waals surface area (Å²) < 4.78 is 27.3. The number of aryl methyl sites for hydroxylation is 2. The molecule has 0 unspecified atom stereocenters. The van der Waals surface area contributed by atoms with Crippen LogP contribution in [0.15, 0.2) is 30.5 Å². The van der Waals surface area contributed by atoms with Gasteiger partial charge in [0.15, 0.2) is 0 Å². The number of urea groups is 1. The molecule has 0 radical (unpaired) electrons. The number of benzene rings is 2. The summed E-state index contributed by atoms with van der Waals surface area (Å²) in [6.07, 6.45) is 7.72. The van der Waals surface area contributed by atoms with Gasteiger partial charge in [-0.05, 0) is 72.4 Å². The first-order chi connectivity index (χ1) is 14.0. The molecule has 1 heterocycles. The molecule has 3 aromatic rings. The molecule has 2 aliphatic carbocycles. The summed E-state index contributed by atoms with van der Waals surface area (Å²) in [5, 5.41) is 10.5. The smallest absolute Gasteiger partial charge is 0.307 e. The largest absolute Gasteiger partial charge is 0.332 e. The minimum Gasteiger partial charge on any atom is -0.307 e. The van der Waals surface area contributed by atoms with Gasteiger partial charge >= 0.3 is 6.03 Å². The molecule has 2 aliphatic rings. The summed E-state index contributed by atoms with van der Waals surface area (Å²) in [5.74, 6) is -0.277. The van der Waals surface area contributed by atoms with Crippen LogP contribution in [0.2, 0.25) is 0 Å². The van der Waals surface area contributed by atoms with Crippen molar-refractivity contribution in [3.63, 3.8) is 0 Å². The number of carbonyl (C=O) groups excluding carboxylic acids is 1. The van der Waals surface area contributed by atoms with E-state index in [0.717, 1.165) is 55.1 Å². The summed E-state index contributed by atoms with van der Waals surface area (Å²) in [6, 6.07) is 6.85. The van der Waals surface area contributed by atoms with Gasteiger partial charge in [-0.15, -0.1) is 0 Å². The monoisotopic (exact) mass is 410 g/mol. The number of carbonyl (C=O) groups is 1. The van der Waals surface area contributed by atoms with E-state index in [-0.39, 0.29) is 5.75 Å². The third-order valence-corrected chi connectivity index (χ3v) is 7.03. The summed E-state index contributed by atoms with van der Waals surface area (Å²) in [6.45, 7) is 0. The lowest BCUT2D eigenvalue weighted by Gasteiger charge is -2.16. The Balaban J connectivity index is 1.34. The van der Waals surface area contributed by atoms with E-state index in [9.17, 15) is 13.2 Å². The molecule has 0 saturated carbocycles. The van der Waals surface area contributed by atoms with Crippen LogP contribution in [0, 0.1) is 0 Å². The highest BCUT2D eigenvalue weighted by molar-refractivity contribution is 7.89. The third kappa shape index (κ3) is 3.48. The van der Waals surface area contributed by atoms with Crippen molar-refractivity contribution in [3.05, 3.63) is 58.3 Å². The Morgan fingerprint density at radius 3 is 2.48 bits per heavy atom. The molecule has 150 valence electrons. The Hall–Kier alpha value is -2.87. The lowest BCUT2D eigenvalue weighted by atomic mass is 9.99. The van der Waals surface area contributed by atoms with Gasteiger partial charge in [0.1, 0.15) is 0 Å². The van der Waals surface area contributed by atoms with E-state index in [1.165, 1.54) is 22.3 Å². The maximum absolute atomic E-state index is 12.6. The van der Waals surface area contributed by atoms with Gasteiger partial charge in [0.2, 0.25) is 10.0 Å². The van der Waals surface area contributed by atoms with Crippen LogP contribution in [-0.2, 0) is 41.5 Å². The zero-order valence-corrected chi connectivity index (χ0v) is 16.7. The minimum atomic E-state index is -3.83. The van der Waals surface area contributed by atoms with Gasteiger partial charge in [0, 0.05) is 11.1 Å². The van der Waals surface area contributed by atoms with Crippen LogP contribution in [0.5, 0.6) is 0 Å². The van der Waals surface area contributed by atoms with Gasteiger partial charge in [-0.3, -0.25) is 5.10 Å². The minimum absolute atomic E-state index is 0.277. The average molecular weight is 410 g/mol. The first-order valence-corrected chi connectivity index (χ1v) is 11.5. The molecule has 1 aromatic heterocycles. The van der Waals surface area contributed by atoms with Gasteiger partial charge in [-0.25, -0.2) is 17.9 Å². The maximum Gasteiger partial charge on any atom is 0.332 e. The fourth-order valence-corrected chi connectivity index (χ4v) is 5.60. The van der Waals surface area contributed by atoms with Crippen LogP contribution in [0.3, 0.4) is 0 Å². The van der Waals surface area contributed by atoms with Gasteiger partial charge in [-0.1, -0.05) is 18.2 Å². The normalized spacial score (nSPS) is 15.3. The molecule has 7 nitrogen and oxygen atoms in total. The maximum atomic E-state index is 12.6. The fourth-order valence-electron chi connectivity index (χ4n) is 4.58. The Kier molecular flexibility index (Phi) is 4.31. The number of nitrogens with zero attached hydrogens (tertiary/aromatic N) is 1. The molecule has 29 heavy (non-hydrogen) atoms. The molecule has 2 aromatic carbocycles. The molecule has 2 amide bonds. The van der Waals surface area contributed by atoms with Crippen LogP contribution < -0.4 is 10.0 Å². The highest BCUT2D eigenvalue weighted by atomic mass is 32.2. The molecule has 0 atom stereocenters. The molecule has 0 bridgehead atoms. The number of fused-ring (bicyclic) bond motifs is 3. The van der Waals surface area contributed by atoms with Crippen molar-refractivity contribution in [2.75, 3.05) is 5.32 Å². The summed E-state index contributed by atoms with van der Waals surface area (Å²) in [5.41, 5.74) is 7.10. The first-order valence-electron chi connectivity index (χ1n) is 9.88. The number of aromatic amines is 1. The number of nitrogens with one attached hydrogen (secondary N) is 3. The zero-order valence-electron chi connectivity index (χ0n) is 15.9. The van der Waals surface area contributed by atoms with Crippen molar-refractivity contribution >= 4 is 32.6 Å². The number of rotatable bonds is 4. The van der Waals surface area contributed by atoms with Crippen LogP contribution >= 0.6 is 0 Å². The molecule has 5 rings (SSSR count). The number of hydrogen-bond donors (Lipinski definition) is 3. The first kappa shape index (κ1) is 18.2. The predicted octanol–water partition coefficient (Wildman–Crippen LogP) is 3.19. The zero-order chi connectivity index (χ0) is 20.0. The van der Waals surface area contributed by atoms with Crippen molar-refractivity contribution in [2.24, 2.45) is 0 Å². The van der Waals surface area contributed by atoms with Crippen molar-refractivity contribution in [1.29, 1.82) is 0 Å². The van der Waals surface area contributed by atoms with E-state index < -0.39 is 16.1 Å². The Labute approximate surface area is 168 Å². The van der Waals surface area contributed by atoms with Gasteiger partial charge in [-0.2, -0.15) is 5.10 Å². The molecular formula is C21H22N4O3S. The van der Waals surface area contributed by atoms with Crippen LogP contribution in [0.25, 0.3) is 10.9 Å². The van der Waals surface area contributed by atoms with E-state index >= 15 is 0 Å². The van der Waals surface area contributed by atoms with Crippen LogP contribution in [0.1, 0.15) is 40.7 Å². The second kappa shape index (κ2) is 6.88. The van der Waals surface area contributed by atoms with Crippen molar-refractivity contribution in [3.8, 4) is 0 Å². The average Bonchev–Trinajstić information content (AvgIpc) is 3.40. The molecule has 0 aliphatic heterocycles. The lowest BCUT2D eigenvalue weighted by molar-refractivity contribution is 0.256. The van der Waals surface area contributed by atoms with Gasteiger partial charge in [0.05, 0.1) is 17.5 Å². The van der Waals surface area contributed by atoms with E-state index in [2.05, 4.69) is 26.3 Å². The molecule has 0 spiro atoms. The number of sulfonamides is 1. The molecule has 8 heteroatoms. The molecule has 0 fully saturated rings. The van der Waals surface area contributed by atoms with Crippen molar-refractivity contribution < 1.29 is 13.2 Å². The number of hydrogen-bond acceptors (Lipinski definition) is 4. The number of amides is 2. The third-order valence-electron chi connectivity index (χ3n) is 5.82. The van der Waals surface area contributed by atoms with Gasteiger partial charge < -0.3 is 5.32 Å². The lowest BCUT2D eigenvalue weighted by Crippen LogP contribution is -2.35. The molecular weight excluding hydrogens is 388 g/mol. The number of H-pyrrole nitrogens is 1. The second-order valence-corrected chi connectivity index (χ2v) is 9.56. The predicted molar refractivity (Wildman–Crippen MR) is 111 cm³/mol.